The zero-order valence-electron chi connectivity index (χ0n) is 10.2. The lowest BCUT2D eigenvalue weighted by Crippen LogP contribution is -2.44. The Kier molecular flexibility index (Phi) is 5.65. The van der Waals surface area contributed by atoms with Crippen LogP contribution in [0.4, 0.5) is 0 Å². The second-order valence-electron chi connectivity index (χ2n) is 4.26. The molecule has 4 heteroatoms. The molecule has 0 bridgehead atoms. The molecule has 0 aliphatic carbocycles. The zero-order valence-corrected chi connectivity index (χ0v) is 11.8. The first-order valence-corrected chi connectivity index (χ1v) is 6.61. The average molecular weight is 299 g/mol. The summed E-state index contributed by atoms with van der Waals surface area (Å²) in [5.41, 5.74) is 6.90. The molecule has 0 aliphatic heterocycles. The number of nitrogens with one attached hydrogen (secondary N) is 1. The molecule has 0 spiro atoms. The van der Waals surface area contributed by atoms with Crippen LogP contribution in [0, 0.1) is 5.92 Å². The first-order valence-electron chi connectivity index (χ1n) is 5.82. The minimum atomic E-state index is -0.424. The summed E-state index contributed by atoms with van der Waals surface area (Å²) in [6.45, 7) is 4.54. The number of halogens is 1. The van der Waals surface area contributed by atoms with Gasteiger partial charge in [-0.15, -0.1) is 0 Å². The molecule has 0 heterocycles. The van der Waals surface area contributed by atoms with Crippen LogP contribution in [-0.2, 0) is 11.3 Å². The molecule has 3 nitrogen and oxygen atoms in total. The van der Waals surface area contributed by atoms with Gasteiger partial charge in [0.05, 0.1) is 6.04 Å². The number of hydrogen-bond donors (Lipinski definition) is 2. The average Bonchev–Trinajstić information content (AvgIpc) is 2.34. The van der Waals surface area contributed by atoms with Crippen molar-refractivity contribution in [2.24, 2.45) is 11.7 Å². The van der Waals surface area contributed by atoms with E-state index in [4.69, 9.17) is 5.73 Å². The van der Waals surface area contributed by atoms with E-state index in [-0.39, 0.29) is 11.8 Å². The van der Waals surface area contributed by atoms with Gasteiger partial charge in [0.2, 0.25) is 5.91 Å². The molecular weight excluding hydrogens is 280 g/mol. The largest absolute Gasteiger partial charge is 0.351 e. The van der Waals surface area contributed by atoms with Crippen molar-refractivity contribution in [3.8, 4) is 0 Å². The second kappa shape index (κ2) is 6.77. The van der Waals surface area contributed by atoms with E-state index in [1.807, 2.05) is 38.1 Å². The lowest BCUT2D eigenvalue weighted by molar-refractivity contribution is -0.123. The number of carbonyl (C=O) groups is 1. The Hall–Kier alpha value is -0.870. The number of carbonyl (C=O) groups excluding carboxylic acids is 1. The van der Waals surface area contributed by atoms with Gasteiger partial charge in [-0.2, -0.15) is 0 Å². The van der Waals surface area contributed by atoms with E-state index in [1.54, 1.807) is 0 Å². The molecule has 0 radical (unpaired) electrons. The molecule has 3 N–H and O–H groups in total. The summed E-state index contributed by atoms with van der Waals surface area (Å²) < 4.78 is 1.01. The molecule has 0 aromatic heterocycles. The van der Waals surface area contributed by atoms with Gasteiger partial charge in [-0.1, -0.05) is 48.3 Å². The summed E-state index contributed by atoms with van der Waals surface area (Å²) in [6.07, 6.45) is 0.908. The maximum Gasteiger partial charge on any atom is 0.237 e. The Balaban J connectivity index is 2.48. The number of rotatable bonds is 5. The first-order chi connectivity index (χ1) is 8.04. The fourth-order valence-corrected chi connectivity index (χ4v) is 1.91. The monoisotopic (exact) mass is 298 g/mol. The molecule has 0 saturated heterocycles. The summed E-state index contributed by atoms with van der Waals surface area (Å²) >= 11 is 3.40. The summed E-state index contributed by atoms with van der Waals surface area (Å²) in [5, 5.41) is 2.86. The number of amides is 1. The maximum absolute atomic E-state index is 11.8. The van der Waals surface area contributed by atoms with Crippen molar-refractivity contribution in [3.63, 3.8) is 0 Å². The van der Waals surface area contributed by atoms with E-state index in [0.29, 0.717) is 6.54 Å². The van der Waals surface area contributed by atoms with Gasteiger partial charge in [0.15, 0.2) is 0 Å². The highest BCUT2D eigenvalue weighted by Crippen LogP contribution is 2.11. The van der Waals surface area contributed by atoms with Crippen molar-refractivity contribution < 1.29 is 4.79 Å². The standard InChI is InChI=1S/C13H19BrN2O/c1-3-9(2)12(15)13(17)16-8-10-5-4-6-11(14)7-10/h4-7,9,12H,3,8,15H2,1-2H3,(H,16,17)/t9-,12-/m0/s1. The van der Waals surface area contributed by atoms with Gasteiger partial charge in [-0.25, -0.2) is 0 Å². The van der Waals surface area contributed by atoms with Gasteiger partial charge < -0.3 is 11.1 Å². The van der Waals surface area contributed by atoms with Crippen molar-refractivity contribution in [2.75, 3.05) is 0 Å². The van der Waals surface area contributed by atoms with E-state index >= 15 is 0 Å². The van der Waals surface area contributed by atoms with E-state index in [9.17, 15) is 4.79 Å². The molecular formula is C13H19BrN2O. The zero-order chi connectivity index (χ0) is 12.8. The topological polar surface area (TPSA) is 55.1 Å². The van der Waals surface area contributed by atoms with Crippen LogP contribution in [0.25, 0.3) is 0 Å². The molecule has 0 unspecified atom stereocenters. The quantitative estimate of drug-likeness (QED) is 0.877. The number of benzene rings is 1. The Morgan fingerprint density at radius 3 is 2.82 bits per heavy atom. The van der Waals surface area contributed by atoms with E-state index in [2.05, 4.69) is 21.2 Å². The molecule has 0 aliphatic rings. The lowest BCUT2D eigenvalue weighted by Gasteiger charge is -2.17. The molecule has 2 atom stereocenters. The molecule has 94 valence electrons. The lowest BCUT2D eigenvalue weighted by atomic mass is 9.99. The molecule has 0 fully saturated rings. The van der Waals surface area contributed by atoms with Crippen LogP contribution in [0.15, 0.2) is 28.7 Å². The Labute approximate surface area is 111 Å². The second-order valence-corrected chi connectivity index (χ2v) is 5.17. The smallest absolute Gasteiger partial charge is 0.237 e. The van der Waals surface area contributed by atoms with Gasteiger partial charge >= 0.3 is 0 Å². The van der Waals surface area contributed by atoms with Gasteiger partial charge in [-0.3, -0.25) is 4.79 Å². The highest BCUT2D eigenvalue weighted by Gasteiger charge is 2.18. The van der Waals surface area contributed by atoms with Crippen LogP contribution >= 0.6 is 15.9 Å². The summed E-state index contributed by atoms with van der Waals surface area (Å²) in [6, 6.07) is 7.43. The van der Waals surface area contributed by atoms with E-state index in [0.717, 1.165) is 16.5 Å². The van der Waals surface area contributed by atoms with Crippen LogP contribution in [0.1, 0.15) is 25.8 Å². The Bertz CT molecular complexity index is 381. The van der Waals surface area contributed by atoms with E-state index < -0.39 is 6.04 Å². The highest BCUT2D eigenvalue weighted by atomic mass is 79.9. The Morgan fingerprint density at radius 1 is 1.53 bits per heavy atom. The fourth-order valence-electron chi connectivity index (χ4n) is 1.47. The fraction of sp³-hybridized carbons (Fsp3) is 0.462. The minimum Gasteiger partial charge on any atom is -0.351 e. The SMILES string of the molecule is CC[C@H](C)[C@H](N)C(=O)NCc1cccc(Br)c1. The minimum absolute atomic E-state index is 0.0840. The Morgan fingerprint density at radius 2 is 2.24 bits per heavy atom. The van der Waals surface area contributed by atoms with Crippen LogP contribution in [0.5, 0.6) is 0 Å². The third kappa shape index (κ3) is 4.48. The summed E-state index contributed by atoms with van der Waals surface area (Å²) in [4.78, 5) is 11.8. The highest BCUT2D eigenvalue weighted by molar-refractivity contribution is 9.10. The summed E-state index contributed by atoms with van der Waals surface area (Å²) in [7, 11) is 0. The maximum atomic E-state index is 11.8. The van der Waals surface area contributed by atoms with Crippen molar-refractivity contribution in [3.05, 3.63) is 34.3 Å². The van der Waals surface area contributed by atoms with Gasteiger partial charge in [0, 0.05) is 11.0 Å². The van der Waals surface area contributed by atoms with Gasteiger partial charge in [0.1, 0.15) is 0 Å². The third-order valence-corrected chi connectivity index (χ3v) is 3.41. The molecule has 1 aromatic rings. The predicted octanol–water partition coefficient (Wildman–Crippen LogP) is 2.44. The van der Waals surface area contributed by atoms with Crippen molar-refractivity contribution in [1.82, 2.24) is 5.32 Å². The van der Waals surface area contributed by atoms with Crippen molar-refractivity contribution >= 4 is 21.8 Å². The number of nitrogens with two attached hydrogens (primary N) is 1. The molecule has 17 heavy (non-hydrogen) atoms. The predicted molar refractivity (Wildman–Crippen MR) is 73.4 cm³/mol. The van der Waals surface area contributed by atoms with Gasteiger partial charge in [0.25, 0.3) is 0 Å². The molecule has 1 amide bonds. The van der Waals surface area contributed by atoms with Crippen LogP contribution in [0.3, 0.4) is 0 Å². The summed E-state index contributed by atoms with van der Waals surface area (Å²) in [5.74, 6) is 0.122. The number of hydrogen-bond acceptors (Lipinski definition) is 2. The third-order valence-electron chi connectivity index (χ3n) is 2.92. The van der Waals surface area contributed by atoms with Crippen LogP contribution in [-0.4, -0.2) is 11.9 Å². The molecule has 0 saturated carbocycles. The molecule has 1 rings (SSSR count). The normalized spacial score (nSPS) is 14.1. The van der Waals surface area contributed by atoms with Crippen LogP contribution < -0.4 is 11.1 Å². The van der Waals surface area contributed by atoms with Crippen molar-refractivity contribution in [2.45, 2.75) is 32.9 Å². The molecule has 1 aromatic carbocycles. The van der Waals surface area contributed by atoms with Crippen LogP contribution in [0.2, 0.25) is 0 Å². The van der Waals surface area contributed by atoms with Crippen molar-refractivity contribution in [1.29, 1.82) is 0 Å². The van der Waals surface area contributed by atoms with E-state index in [1.165, 1.54) is 0 Å². The van der Waals surface area contributed by atoms with Gasteiger partial charge in [-0.05, 0) is 23.6 Å². The first kappa shape index (κ1) is 14.2.